The SMILES string of the molecule is Nc1ccc2oc(C(=O)Nc3cc(F)cc(Cl)c3)cc2c1. The summed E-state index contributed by atoms with van der Waals surface area (Å²) in [5, 5.41) is 3.44. The van der Waals surface area contributed by atoms with Crippen LogP contribution in [0.15, 0.2) is 46.9 Å². The zero-order valence-electron chi connectivity index (χ0n) is 10.7. The lowest BCUT2D eigenvalue weighted by molar-refractivity contribution is 0.0998. The number of nitrogens with two attached hydrogens (primary N) is 1. The summed E-state index contributed by atoms with van der Waals surface area (Å²) >= 11 is 5.73. The second kappa shape index (κ2) is 5.10. The summed E-state index contributed by atoms with van der Waals surface area (Å²) in [6.45, 7) is 0. The molecule has 0 fully saturated rings. The number of furan rings is 1. The highest BCUT2D eigenvalue weighted by molar-refractivity contribution is 6.31. The largest absolute Gasteiger partial charge is 0.451 e. The van der Waals surface area contributed by atoms with Gasteiger partial charge in [0, 0.05) is 21.8 Å². The number of fused-ring (bicyclic) bond motifs is 1. The van der Waals surface area contributed by atoms with Crippen LogP contribution in [0.5, 0.6) is 0 Å². The molecular formula is C15H10ClFN2O2. The third-order valence-corrected chi connectivity index (χ3v) is 3.10. The number of rotatable bonds is 2. The third-order valence-electron chi connectivity index (χ3n) is 2.88. The average molecular weight is 305 g/mol. The molecule has 0 aliphatic rings. The van der Waals surface area contributed by atoms with Gasteiger partial charge in [0.1, 0.15) is 11.4 Å². The number of nitrogens with one attached hydrogen (secondary N) is 1. The van der Waals surface area contributed by atoms with E-state index in [0.29, 0.717) is 11.3 Å². The molecule has 21 heavy (non-hydrogen) atoms. The van der Waals surface area contributed by atoms with Gasteiger partial charge in [0.2, 0.25) is 0 Å². The van der Waals surface area contributed by atoms with E-state index in [1.54, 1.807) is 24.3 Å². The maximum Gasteiger partial charge on any atom is 0.291 e. The van der Waals surface area contributed by atoms with Crippen LogP contribution in [0.1, 0.15) is 10.6 Å². The van der Waals surface area contributed by atoms with Gasteiger partial charge in [-0.15, -0.1) is 0 Å². The lowest BCUT2D eigenvalue weighted by Gasteiger charge is -2.03. The van der Waals surface area contributed by atoms with Crippen molar-refractivity contribution in [2.24, 2.45) is 0 Å². The Morgan fingerprint density at radius 2 is 2.00 bits per heavy atom. The molecule has 6 heteroatoms. The molecule has 3 rings (SSSR count). The monoisotopic (exact) mass is 304 g/mol. The quantitative estimate of drug-likeness (QED) is 0.701. The minimum absolute atomic E-state index is 0.107. The first-order chi connectivity index (χ1) is 10.0. The van der Waals surface area contributed by atoms with Crippen LogP contribution in [0.4, 0.5) is 15.8 Å². The zero-order chi connectivity index (χ0) is 15.0. The Hall–Kier alpha value is -2.53. The predicted octanol–water partition coefficient (Wildman–Crippen LogP) is 4.06. The molecule has 1 amide bonds. The van der Waals surface area contributed by atoms with Gasteiger partial charge in [-0.05, 0) is 42.5 Å². The maximum atomic E-state index is 13.2. The zero-order valence-corrected chi connectivity index (χ0v) is 11.4. The molecule has 0 bridgehead atoms. The number of carbonyl (C=O) groups is 1. The fourth-order valence-corrected chi connectivity index (χ4v) is 2.21. The molecule has 1 aromatic heterocycles. The van der Waals surface area contributed by atoms with E-state index < -0.39 is 11.7 Å². The molecule has 0 aliphatic carbocycles. The minimum atomic E-state index is -0.532. The minimum Gasteiger partial charge on any atom is -0.451 e. The molecular weight excluding hydrogens is 295 g/mol. The van der Waals surface area contributed by atoms with Crippen molar-refractivity contribution in [1.82, 2.24) is 0 Å². The highest BCUT2D eigenvalue weighted by Crippen LogP contribution is 2.23. The van der Waals surface area contributed by atoms with Gasteiger partial charge in [-0.3, -0.25) is 4.79 Å². The second-order valence-electron chi connectivity index (χ2n) is 4.52. The fourth-order valence-electron chi connectivity index (χ4n) is 1.99. The van der Waals surface area contributed by atoms with E-state index in [9.17, 15) is 9.18 Å². The molecule has 3 aromatic rings. The van der Waals surface area contributed by atoms with Gasteiger partial charge in [0.05, 0.1) is 0 Å². The van der Waals surface area contributed by atoms with Crippen molar-refractivity contribution >= 4 is 39.9 Å². The molecule has 0 aliphatic heterocycles. The number of carbonyl (C=O) groups excluding carboxylic acids is 1. The van der Waals surface area contributed by atoms with Crippen LogP contribution in [-0.2, 0) is 0 Å². The van der Waals surface area contributed by atoms with Crippen molar-refractivity contribution in [3.05, 3.63) is 59.1 Å². The van der Waals surface area contributed by atoms with Crippen LogP contribution in [0, 0.1) is 5.82 Å². The summed E-state index contributed by atoms with van der Waals surface area (Å²) in [6, 6.07) is 10.4. The summed E-state index contributed by atoms with van der Waals surface area (Å²) in [6.07, 6.45) is 0. The summed E-state index contributed by atoms with van der Waals surface area (Å²) < 4.78 is 18.6. The maximum absolute atomic E-state index is 13.2. The number of halogens is 2. The molecule has 0 spiro atoms. The molecule has 1 heterocycles. The van der Waals surface area contributed by atoms with Crippen LogP contribution in [-0.4, -0.2) is 5.91 Å². The predicted molar refractivity (Wildman–Crippen MR) is 80.0 cm³/mol. The normalized spacial score (nSPS) is 10.8. The molecule has 106 valence electrons. The van der Waals surface area contributed by atoms with E-state index in [4.69, 9.17) is 21.8 Å². The Bertz CT molecular complexity index is 825. The third kappa shape index (κ3) is 2.83. The number of anilines is 2. The van der Waals surface area contributed by atoms with E-state index in [1.807, 2.05) is 0 Å². The molecule has 0 saturated heterocycles. The highest BCUT2D eigenvalue weighted by Gasteiger charge is 2.13. The lowest BCUT2D eigenvalue weighted by Crippen LogP contribution is -2.10. The fraction of sp³-hybridized carbons (Fsp3) is 0. The standard InChI is InChI=1S/C15H10ClFN2O2/c16-9-5-10(17)7-12(6-9)19-15(20)14-4-8-3-11(18)1-2-13(8)21-14/h1-7H,18H2,(H,19,20). The molecule has 0 radical (unpaired) electrons. The van der Waals surface area contributed by atoms with E-state index in [2.05, 4.69) is 5.32 Å². The first-order valence-electron chi connectivity index (χ1n) is 6.08. The number of amides is 1. The van der Waals surface area contributed by atoms with Crippen LogP contribution in [0.3, 0.4) is 0 Å². The van der Waals surface area contributed by atoms with Crippen LogP contribution < -0.4 is 11.1 Å². The lowest BCUT2D eigenvalue weighted by atomic mass is 10.2. The van der Waals surface area contributed by atoms with Crippen molar-refractivity contribution in [3.63, 3.8) is 0 Å². The summed E-state index contributed by atoms with van der Waals surface area (Å²) in [5.41, 5.74) is 7.05. The van der Waals surface area contributed by atoms with Crippen LogP contribution in [0.25, 0.3) is 11.0 Å². The van der Waals surface area contributed by atoms with Crippen LogP contribution in [0.2, 0.25) is 5.02 Å². The molecule has 4 nitrogen and oxygen atoms in total. The summed E-state index contributed by atoms with van der Waals surface area (Å²) in [7, 11) is 0. The number of benzene rings is 2. The van der Waals surface area contributed by atoms with E-state index in [-0.39, 0.29) is 16.5 Å². The molecule has 3 N–H and O–H groups in total. The van der Waals surface area contributed by atoms with Crippen molar-refractivity contribution < 1.29 is 13.6 Å². The average Bonchev–Trinajstić information content (AvgIpc) is 2.80. The van der Waals surface area contributed by atoms with Crippen molar-refractivity contribution in [2.75, 3.05) is 11.1 Å². The molecule has 0 unspecified atom stereocenters. The molecule has 2 aromatic carbocycles. The highest BCUT2D eigenvalue weighted by atomic mass is 35.5. The Labute approximate surface area is 124 Å². The molecule has 0 saturated carbocycles. The van der Waals surface area contributed by atoms with Gasteiger partial charge in [-0.1, -0.05) is 11.6 Å². The first-order valence-corrected chi connectivity index (χ1v) is 6.45. The van der Waals surface area contributed by atoms with E-state index >= 15 is 0 Å². The van der Waals surface area contributed by atoms with Crippen molar-refractivity contribution in [2.45, 2.75) is 0 Å². The number of hydrogen-bond acceptors (Lipinski definition) is 3. The van der Waals surface area contributed by atoms with Crippen LogP contribution >= 0.6 is 11.6 Å². The van der Waals surface area contributed by atoms with Gasteiger partial charge in [0.25, 0.3) is 5.91 Å². The van der Waals surface area contributed by atoms with E-state index in [1.165, 1.54) is 12.1 Å². The van der Waals surface area contributed by atoms with Gasteiger partial charge < -0.3 is 15.5 Å². The summed E-state index contributed by atoms with van der Waals surface area (Å²) in [4.78, 5) is 12.1. The van der Waals surface area contributed by atoms with E-state index in [0.717, 1.165) is 11.5 Å². The number of nitrogen functional groups attached to an aromatic ring is 1. The van der Waals surface area contributed by atoms with Crippen molar-refractivity contribution in [1.29, 1.82) is 0 Å². The van der Waals surface area contributed by atoms with Gasteiger partial charge in [-0.25, -0.2) is 4.39 Å². The topological polar surface area (TPSA) is 68.3 Å². The summed E-state index contributed by atoms with van der Waals surface area (Å²) in [5.74, 6) is -0.919. The first kappa shape index (κ1) is 13.5. The molecule has 0 atom stereocenters. The Balaban J connectivity index is 1.89. The number of hydrogen-bond donors (Lipinski definition) is 2. The smallest absolute Gasteiger partial charge is 0.291 e. The van der Waals surface area contributed by atoms with Crippen molar-refractivity contribution in [3.8, 4) is 0 Å². The van der Waals surface area contributed by atoms with Gasteiger partial charge in [-0.2, -0.15) is 0 Å². The second-order valence-corrected chi connectivity index (χ2v) is 4.96. The van der Waals surface area contributed by atoms with Gasteiger partial charge in [0.15, 0.2) is 5.76 Å². The Morgan fingerprint density at radius 1 is 1.19 bits per heavy atom. The van der Waals surface area contributed by atoms with Gasteiger partial charge >= 0.3 is 0 Å². The Kier molecular flexibility index (Phi) is 3.27. The Morgan fingerprint density at radius 3 is 2.76 bits per heavy atom.